The number of hydrogen-bond donors (Lipinski definition) is 0. The van der Waals surface area contributed by atoms with Crippen LogP contribution in [0.5, 0.6) is 0 Å². The Balaban J connectivity index is 4.67. The molecule has 16 heavy (non-hydrogen) atoms. The first kappa shape index (κ1) is 16.2. The number of halogens is 1. The third-order valence-corrected chi connectivity index (χ3v) is 3.55. The zero-order valence-electron chi connectivity index (χ0n) is 10.8. The normalized spacial score (nSPS) is 16.0. The van der Waals surface area contributed by atoms with Gasteiger partial charge in [0.25, 0.3) is 0 Å². The van der Waals surface area contributed by atoms with Gasteiger partial charge >= 0.3 is 0 Å². The van der Waals surface area contributed by atoms with Gasteiger partial charge in [0, 0.05) is 0 Å². The van der Waals surface area contributed by atoms with Gasteiger partial charge in [0.1, 0.15) is 5.60 Å². The van der Waals surface area contributed by atoms with E-state index < -0.39 is 13.9 Å². The molecule has 0 spiro atoms. The highest BCUT2D eigenvalue weighted by Crippen LogP contribution is 2.26. The Labute approximate surface area is 115 Å². The van der Waals surface area contributed by atoms with E-state index in [9.17, 15) is 0 Å². The van der Waals surface area contributed by atoms with Crippen molar-refractivity contribution in [2.24, 2.45) is 0 Å². The molecule has 0 aromatic rings. The molecular formula is C13H23IOSi. The van der Waals surface area contributed by atoms with E-state index in [2.05, 4.69) is 55.1 Å². The SMILES string of the molecule is C#CC(C=CI)(CCCCC)O[Si](C)(C)C. The fourth-order valence-corrected chi connectivity index (χ4v) is 3.51. The van der Waals surface area contributed by atoms with Crippen LogP contribution in [-0.4, -0.2) is 13.9 Å². The molecule has 1 nitrogen and oxygen atoms in total. The summed E-state index contributed by atoms with van der Waals surface area (Å²) in [5.41, 5.74) is -0.471. The maximum Gasteiger partial charge on any atom is 0.186 e. The van der Waals surface area contributed by atoms with Crippen molar-refractivity contribution in [2.75, 3.05) is 0 Å². The van der Waals surface area contributed by atoms with E-state index in [1.165, 1.54) is 12.8 Å². The molecule has 0 aromatic heterocycles. The summed E-state index contributed by atoms with van der Waals surface area (Å²) in [5.74, 6) is 2.85. The van der Waals surface area contributed by atoms with Gasteiger partial charge in [0.05, 0.1) is 0 Å². The third kappa shape index (κ3) is 6.72. The van der Waals surface area contributed by atoms with Crippen LogP contribution in [0.25, 0.3) is 0 Å². The Morgan fingerprint density at radius 3 is 2.38 bits per heavy atom. The molecular weight excluding hydrogens is 327 g/mol. The summed E-state index contributed by atoms with van der Waals surface area (Å²) in [6, 6.07) is 0. The van der Waals surface area contributed by atoms with Crippen LogP contribution in [0.2, 0.25) is 19.6 Å². The summed E-state index contributed by atoms with van der Waals surface area (Å²) in [4.78, 5) is 0. The molecule has 1 atom stereocenters. The zero-order valence-corrected chi connectivity index (χ0v) is 14.0. The van der Waals surface area contributed by atoms with Crippen molar-refractivity contribution < 1.29 is 4.43 Å². The molecule has 0 rings (SSSR count). The Morgan fingerprint density at radius 2 is 2.00 bits per heavy atom. The molecule has 0 aliphatic carbocycles. The van der Waals surface area contributed by atoms with Crippen molar-refractivity contribution in [3.8, 4) is 12.3 Å². The molecule has 0 heterocycles. The van der Waals surface area contributed by atoms with E-state index >= 15 is 0 Å². The third-order valence-electron chi connectivity index (χ3n) is 2.22. The molecule has 0 N–H and O–H groups in total. The summed E-state index contributed by atoms with van der Waals surface area (Å²) in [6.07, 6.45) is 12.2. The Kier molecular flexibility index (Phi) is 7.61. The van der Waals surface area contributed by atoms with E-state index in [1.807, 2.05) is 10.2 Å². The number of unbranched alkanes of at least 4 members (excludes halogenated alkanes) is 2. The first-order valence-corrected chi connectivity index (χ1v) is 10.5. The van der Waals surface area contributed by atoms with Crippen LogP contribution in [0.3, 0.4) is 0 Å². The molecule has 1 unspecified atom stereocenters. The lowest BCUT2D eigenvalue weighted by atomic mass is 9.97. The van der Waals surface area contributed by atoms with Gasteiger partial charge in [-0.05, 0) is 42.6 Å². The fraction of sp³-hybridized carbons (Fsp3) is 0.692. The summed E-state index contributed by atoms with van der Waals surface area (Å²) in [6.45, 7) is 8.74. The number of hydrogen-bond acceptors (Lipinski definition) is 1. The smallest absolute Gasteiger partial charge is 0.186 e. The van der Waals surface area contributed by atoms with Crippen LogP contribution in [-0.2, 0) is 4.43 Å². The molecule has 0 bridgehead atoms. The first-order valence-electron chi connectivity index (χ1n) is 5.85. The highest BCUT2D eigenvalue weighted by atomic mass is 127. The predicted molar refractivity (Wildman–Crippen MR) is 83.3 cm³/mol. The number of rotatable bonds is 7. The van der Waals surface area contributed by atoms with Crippen LogP contribution in [0, 0.1) is 12.3 Å². The topological polar surface area (TPSA) is 9.23 Å². The monoisotopic (exact) mass is 350 g/mol. The van der Waals surface area contributed by atoms with E-state index in [0.717, 1.165) is 12.8 Å². The summed E-state index contributed by atoms with van der Waals surface area (Å²) >= 11 is 2.21. The second kappa shape index (κ2) is 7.52. The van der Waals surface area contributed by atoms with Crippen molar-refractivity contribution in [2.45, 2.75) is 57.8 Å². The highest BCUT2D eigenvalue weighted by molar-refractivity contribution is 14.1. The molecule has 0 fully saturated rings. The molecule has 0 radical (unpaired) electrons. The van der Waals surface area contributed by atoms with Crippen LogP contribution < -0.4 is 0 Å². The van der Waals surface area contributed by atoms with Gasteiger partial charge in [-0.3, -0.25) is 0 Å². The van der Waals surface area contributed by atoms with Crippen molar-refractivity contribution in [3.05, 3.63) is 10.2 Å². The molecule has 92 valence electrons. The largest absolute Gasteiger partial charge is 0.398 e. The molecule has 0 aliphatic rings. The summed E-state index contributed by atoms with van der Waals surface area (Å²) in [7, 11) is -1.61. The molecule has 0 saturated heterocycles. The van der Waals surface area contributed by atoms with Gasteiger partial charge in [-0.1, -0.05) is 48.3 Å². The summed E-state index contributed by atoms with van der Waals surface area (Å²) in [5, 5.41) is 0. The van der Waals surface area contributed by atoms with E-state index in [-0.39, 0.29) is 0 Å². The number of terminal acetylenes is 1. The average molecular weight is 350 g/mol. The van der Waals surface area contributed by atoms with E-state index in [1.54, 1.807) is 0 Å². The van der Waals surface area contributed by atoms with Gasteiger partial charge in [-0.15, -0.1) is 6.42 Å². The Bertz CT molecular complexity index is 262. The van der Waals surface area contributed by atoms with Crippen molar-refractivity contribution in [1.82, 2.24) is 0 Å². The molecule has 0 saturated carbocycles. The lowest BCUT2D eigenvalue weighted by Crippen LogP contribution is -2.40. The minimum absolute atomic E-state index is 0.471. The van der Waals surface area contributed by atoms with Gasteiger partial charge in [-0.2, -0.15) is 0 Å². The van der Waals surface area contributed by atoms with Crippen molar-refractivity contribution in [1.29, 1.82) is 0 Å². The van der Waals surface area contributed by atoms with Crippen molar-refractivity contribution in [3.63, 3.8) is 0 Å². The first-order chi connectivity index (χ1) is 7.39. The highest BCUT2D eigenvalue weighted by Gasteiger charge is 2.31. The maximum absolute atomic E-state index is 6.17. The second-order valence-corrected chi connectivity index (χ2v) is 10.1. The Hall–Kier alpha value is 0.207. The molecule has 0 aliphatic heterocycles. The minimum Gasteiger partial charge on any atom is -0.398 e. The van der Waals surface area contributed by atoms with Gasteiger partial charge in [0.15, 0.2) is 8.32 Å². The predicted octanol–water partition coefficient (Wildman–Crippen LogP) is 4.74. The molecule has 0 amide bonds. The quantitative estimate of drug-likeness (QED) is 0.279. The molecule has 3 heteroatoms. The van der Waals surface area contributed by atoms with E-state index in [4.69, 9.17) is 10.8 Å². The lowest BCUT2D eigenvalue weighted by molar-refractivity contribution is 0.159. The van der Waals surface area contributed by atoms with Crippen LogP contribution in [0.1, 0.15) is 32.6 Å². The molecule has 0 aromatic carbocycles. The minimum atomic E-state index is -1.61. The average Bonchev–Trinajstić information content (AvgIpc) is 2.16. The Morgan fingerprint density at radius 1 is 1.38 bits per heavy atom. The van der Waals surface area contributed by atoms with Crippen molar-refractivity contribution >= 4 is 30.9 Å². The van der Waals surface area contributed by atoms with Crippen LogP contribution in [0.4, 0.5) is 0 Å². The zero-order chi connectivity index (χ0) is 12.7. The maximum atomic E-state index is 6.17. The van der Waals surface area contributed by atoms with Gasteiger partial charge in [0.2, 0.25) is 0 Å². The van der Waals surface area contributed by atoms with Gasteiger partial charge < -0.3 is 4.43 Å². The fourth-order valence-electron chi connectivity index (χ4n) is 1.60. The van der Waals surface area contributed by atoms with E-state index in [0.29, 0.717) is 0 Å². The van der Waals surface area contributed by atoms with Gasteiger partial charge in [-0.25, -0.2) is 0 Å². The summed E-state index contributed by atoms with van der Waals surface area (Å²) < 4.78 is 8.15. The standard InChI is InChI=1S/C13H23IOSi/c1-6-8-9-10-13(7-2,11-12-14)15-16(3,4)5/h2,11-12H,6,8-10H2,1,3-5H3. The lowest BCUT2D eigenvalue weighted by Gasteiger charge is -2.32. The van der Waals surface area contributed by atoms with Crippen LogP contribution >= 0.6 is 22.6 Å². The van der Waals surface area contributed by atoms with Crippen LogP contribution in [0.15, 0.2) is 10.2 Å². The second-order valence-electron chi connectivity index (χ2n) is 5.00.